The molecule has 0 aliphatic heterocycles. The van der Waals surface area contributed by atoms with Gasteiger partial charge in [-0.3, -0.25) is 0 Å². The van der Waals surface area contributed by atoms with Gasteiger partial charge in [0.25, 0.3) is 0 Å². The number of benzene rings is 7. The molecule has 0 bridgehead atoms. The van der Waals surface area contributed by atoms with Crippen LogP contribution in [0.5, 0.6) is 0 Å². The molecular weight excluding hydrogens is 611 g/mol. The number of rotatable bonds is 5. The number of nitrogens with zero attached hydrogens (tertiary/aromatic N) is 3. The lowest BCUT2D eigenvalue weighted by molar-refractivity contribution is 0.669. The van der Waals surface area contributed by atoms with Crippen LogP contribution < -0.4 is 0 Å². The minimum atomic E-state index is 0.688. The molecule has 4 heteroatoms. The third-order valence-corrected chi connectivity index (χ3v) is 9.63. The summed E-state index contributed by atoms with van der Waals surface area (Å²) in [4.78, 5) is 10.1. The molecule has 10 rings (SSSR count). The summed E-state index contributed by atoms with van der Waals surface area (Å²) in [5.74, 6) is 0.688. The second-order valence-electron chi connectivity index (χ2n) is 12.6. The zero-order chi connectivity index (χ0) is 33.0. The van der Waals surface area contributed by atoms with E-state index in [4.69, 9.17) is 14.4 Å². The molecule has 7 aromatic carbocycles. The molecule has 50 heavy (non-hydrogen) atoms. The van der Waals surface area contributed by atoms with Gasteiger partial charge in [-0.15, -0.1) is 0 Å². The predicted molar refractivity (Wildman–Crippen MR) is 205 cm³/mol. The molecule has 0 amide bonds. The van der Waals surface area contributed by atoms with Gasteiger partial charge in [-0.25, -0.2) is 9.97 Å². The molecule has 234 valence electrons. The Morgan fingerprint density at radius 1 is 0.420 bits per heavy atom. The molecule has 10 aromatic rings. The molecule has 4 nitrogen and oxygen atoms in total. The molecule has 0 radical (unpaired) electrons. The lowest BCUT2D eigenvalue weighted by atomic mass is 9.99. The third-order valence-electron chi connectivity index (χ3n) is 9.63. The van der Waals surface area contributed by atoms with Crippen molar-refractivity contribution in [3.8, 4) is 50.7 Å². The fourth-order valence-corrected chi connectivity index (χ4v) is 7.34. The van der Waals surface area contributed by atoms with E-state index in [1.165, 1.54) is 21.9 Å². The summed E-state index contributed by atoms with van der Waals surface area (Å²) < 4.78 is 8.80. The Balaban J connectivity index is 1.21. The first-order valence-corrected chi connectivity index (χ1v) is 16.8. The quantitative estimate of drug-likeness (QED) is 0.188. The van der Waals surface area contributed by atoms with E-state index in [9.17, 15) is 0 Å². The van der Waals surface area contributed by atoms with Crippen molar-refractivity contribution < 1.29 is 4.42 Å². The molecule has 0 saturated heterocycles. The van der Waals surface area contributed by atoms with Crippen molar-refractivity contribution in [2.24, 2.45) is 0 Å². The molecule has 0 spiro atoms. The lowest BCUT2D eigenvalue weighted by Crippen LogP contribution is -1.97. The van der Waals surface area contributed by atoms with E-state index >= 15 is 0 Å². The lowest BCUT2D eigenvalue weighted by Gasteiger charge is -2.12. The van der Waals surface area contributed by atoms with E-state index in [2.05, 4.69) is 132 Å². The minimum absolute atomic E-state index is 0.688. The zero-order valence-corrected chi connectivity index (χ0v) is 27.0. The van der Waals surface area contributed by atoms with E-state index in [-0.39, 0.29) is 0 Å². The van der Waals surface area contributed by atoms with Crippen LogP contribution >= 0.6 is 0 Å². The van der Waals surface area contributed by atoms with Gasteiger partial charge in [0.1, 0.15) is 11.2 Å². The van der Waals surface area contributed by atoms with Crippen molar-refractivity contribution in [1.82, 2.24) is 14.5 Å². The fourth-order valence-electron chi connectivity index (χ4n) is 7.34. The number of fused-ring (bicyclic) bond motifs is 7. The summed E-state index contributed by atoms with van der Waals surface area (Å²) in [5.41, 5.74) is 12.3. The number of hydrogen-bond acceptors (Lipinski definition) is 3. The minimum Gasteiger partial charge on any atom is -0.456 e. The fraction of sp³-hybridized carbons (Fsp3) is 0. The highest BCUT2D eigenvalue weighted by molar-refractivity contribution is 6.26. The largest absolute Gasteiger partial charge is 0.456 e. The maximum absolute atomic E-state index is 6.40. The number of para-hydroxylation sites is 1. The smallest absolute Gasteiger partial charge is 0.160 e. The Morgan fingerprint density at radius 2 is 1.04 bits per heavy atom. The monoisotopic (exact) mass is 639 g/mol. The van der Waals surface area contributed by atoms with Gasteiger partial charge in [0.2, 0.25) is 0 Å². The Morgan fingerprint density at radius 3 is 1.72 bits per heavy atom. The van der Waals surface area contributed by atoms with Crippen LogP contribution in [0.15, 0.2) is 180 Å². The van der Waals surface area contributed by atoms with Crippen molar-refractivity contribution in [3.63, 3.8) is 0 Å². The van der Waals surface area contributed by atoms with E-state index in [0.29, 0.717) is 5.82 Å². The van der Waals surface area contributed by atoms with Crippen LogP contribution in [0.4, 0.5) is 0 Å². The highest BCUT2D eigenvalue weighted by Gasteiger charge is 2.21. The van der Waals surface area contributed by atoms with E-state index < -0.39 is 0 Å². The summed E-state index contributed by atoms with van der Waals surface area (Å²) >= 11 is 0. The Labute approximate surface area is 288 Å². The maximum Gasteiger partial charge on any atom is 0.160 e. The van der Waals surface area contributed by atoms with E-state index in [0.717, 1.165) is 66.7 Å². The number of aromatic nitrogens is 3. The zero-order valence-electron chi connectivity index (χ0n) is 27.0. The SMILES string of the molecule is c1ccc(-c2cc(-c3ccccc3)nc(-c3ccc(-n4c5cccc(-c6ccccc6)c5c5ccc6oc7ccccc7c6c54)cc3)n2)cc1. The van der Waals surface area contributed by atoms with Crippen molar-refractivity contribution >= 4 is 43.7 Å². The van der Waals surface area contributed by atoms with Gasteiger partial charge < -0.3 is 8.98 Å². The summed E-state index contributed by atoms with van der Waals surface area (Å²) in [7, 11) is 0. The molecule has 3 heterocycles. The summed E-state index contributed by atoms with van der Waals surface area (Å²) in [5, 5.41) is 4.63. The van der Waals surface area contributed by atoms with Gasteiger partial charge in [-0.1, -0.05) is 121 Å². The van der Waals surface area contributed by atoms with Crippen LogP contribution in [0.2, 0.25) is 0 Å². The molecule has 0 N–H and O–H groups in total. The predicted octanol–water partition coefficient (Wildman–Crippen LogP) is 12.1. The molecule has 0 unspecified atom stereocenters. The molecule has 0 atom stereocenters. The highest BCUT2D eigenvalue weighted by atomic mass is 16.3. The van der Waals surface area contributed by atoms with Crippen LogP contribution in [0.1, 0.15) is 0 Å². The normalized spacial score (nSPS) is 11.6. The van der Waals surface area contributed by atoms with Gasteiger partial charge >= 0.3 is 0 Å². The van der Waals surface area contributed by atoms with Gasteiger partial charge in [0, 0.05) is 38.5 Å². The molecular formula is C46H29N3O. The Bertz CT molecular complexity index is 2780. The summed E-state index contributed by atoms with van der Waals surface area (Å²) in [6, 6.07) is 61.2. The molecule has 0 aliphatic rings. The average molecular weight is 640 g/mol. The molecule has 0 fully saturated rings. The average Bonchev–Trinajstić information content (AvgIpc) is 3.75. The Kier molecular flexibility index (Phi) is 6.46. The second kappa shape index (κ2) is 11.4. The van der Waals surface area contributed by atoms with Crippen molar-refractivity contribution in [3.05, 3.63) is 176 Å². The van der Waals surface area contributed by atoms with Crippen LogP contribution in [0, 0.1) is 0 Å². The summed E-state index contributed by atoms with van der Waals surface area (Å²) in [6.45, 7) is 0. The topological polar surface area (TPSA) is 43.9 Å². The van der Waals surface area contributed by atoms with Crippen LogP contribution in [-0.2, 0) is 0 Å². The first kappa shape index (κ1) is 28.3. The van der Waals surface area contributed by atoms with Crippen molar-refractivity contribution in [2.45, 2.75) is 0 Å². The summed E-state index contributed by atoms with van der Waals surface area (Å²) in [6.07, 6.45) is 0. The first-order chi connectivity index (χ1) is 24.8. The maximum atomic E-state index is 6.40. The standard InChI is InChI=1S/C46H29N3O/c1-4-13-30(14-5-1)35-20-12-21-40-43(35)37-27-28-42-44(36-19-10-11-22-41(36)50-42)45(37)49(40)34-25-23-33(24-26-34)46-47-38(31-15-6-2-7-16-31)29-39(48-46)32-17-8-3-9-18-32/h1-29H. The highest BCUT2D eigenvalue weighted by Crippen LogP contribution is 2.44. The molecule has 0 saturated carbocycles. The molecule has 0 aliphatic carbocycles. The first-order valence-electron chi connectivity index (χ1n) is 16.8. The van der Waals surface area contributed by atoms with Gasteiger partial charge in [-0.05, 0) is 65.7 Å². The van der Waals surface area contributed by atoms with Crippen molar-refractivity contribution in [1.29, 1.82) is 0 Å². The van der Waals surface area contributed by atoms with E-state index in [1.54, 1.807) is 0 Å². The van der Waals surface area contributed by atoms with Crippen LogP contribution in [0.25, 0.3) is 94.5 Å². The second-order valence-corrected chi connectivity index (χ2v) is 12.6. The number of furan rings is 1. The third kappa shape index (κ3) is 4.54. The van der Waals surface area contributed by atoms with Crippen LogP contribution in [0.3, 0.4) is 0 Å². The van der Waals surface area contributed by atoms with Gasteiger partial charge in [0.05, 0.1) is 27.8 Å². The van der Waals surface area contributed by atoms with Gasteiger partial charge in [-0.2, -0.15) is 0 Å². The van der Waals surface area contributed by atoms with Crippen LogP contribution in [-0.4, -0.2) is 14.5 Å². The molecule has 3 aromatic heterocycles. The van der Waals surface area contributed by atoms with Gasteiger partial charge in [0.15, 0.2) is 5.82 Å². The van der Waals surface area contributed by atoms with Crippen molar-refractivity contribution in [2.75, 3.05) is 0 Å². The Hall–Kier alpha value is -6.78. The number of hydrogen-bond donors (Lipinski definition) is 0. The van der Waals surface area contributed by atoms with E-state index in [1.807, 2.05) is 48.5 Å².